The van der Waals surface area contributed by atoms with Crippen LogP contribution in [0, 0.1) is 0 Å². The fraction of sp³-hybridized carbons (Fsp3) is 0.417. The van der Waals surface area contributed by atoms with Crippen LogP contribution in [0.1, 0.15) is 64.9 Å². The van der Waals surface area contributed by atoms with E-state index in [1.165, 1.54) is 17.0 Å². The lowest BCUT2D eigenvalue weighted by Gasteiger charge is -2.48. The average Bonchev–Trinajstić information content (AvgIpc) is 2.69. The highest BCUT2D eigenvalue weighted by atomic mass is 15.2. The normalized spacial score (nSPS) is 15.0. The van der Waals surface area contributed by atoms with E-state index in [-0.39, 0.29) is 5.54 Å². The average molecular weight is 336 g/mol. The molecule has 0 aromatic heterocycles. The van der Waals surface area contributed by atoms with Crippen molar-refractivity contribution < 1.29 is 0 Å². The molecule has 0 aliphatic heterocycles. The number of hydrogen-bond donors (Lipinski definition) is 0. The van der Waals surface area contributed by atoms with Gasteiger partial charge in [-0.2, -0.15) is 0 Å². The molecular formula is C24H33N. The summed E-state index contributed by atoms with van der Waals surface area (Å²) in [6.45, 7) is 10.7. The molecule has 2 rings (SSSR count). The minimum atomic E-state index is 0.00128. The van der Waals surface area contributed by atoms with Gasteiger partial charge in [0.05, 0.1) is 5.54 Å². The molecule has 1 nitrogen and oxygen atoms in total. The van der Waals surface area contributed by atoms with Crippen LogP contribution in [0.15, 0.2) is 78.7 Å². The standard InChI is InChI=1S/C24H33N/c1-5-9-18-22(6-2)25(23-19-14-11-15-20-23)24(7-3,8-4)21-16-12-10-13-17-21/h5-6,10-14,16-17,19H,1,7-9,15,18,20H2,2-4H3. The predicted molar refractivity (Wildman–Crippen MR) is 110 cm³/mol. The molecule has 0 heterocycles. The van der Waals surface area contributed by atoms with Crippen molar-refractivity contribution in [3.8, 4) is 0 Å². The molecule has 1 aromatic rings. The zero-order valence-corrected chi connectivity index (χ0v) is 16.2. The van der Waals surface area contributed by atoms with Crippen LogP contribution >= 0.6 is 0 Å². The first-order valence-electron chi connectivity index (χ1n) is 9.71. The third kappa shape index (κ3) is 4.15. The molecule has 0 amide bonds. The van der Waals surface area contributed by atoms with E-state index < -0.39 is 0 Å². The molecule has 0 saturated heterocycles. The Morgan fingerprint density at radius 1 is 1.20 bits per heavy atom. The monoisotopic (exact) mass is 335 g/mol. The first-order chi connectivity index (χ1) is 12.2. The van der Waals surface area contributed by atoms with Gasteiger partial charge in [-0.25, -0.2) is 0 Å². The summed E-state index contributed by atoms with van der Waals surface area (Å²) in [5, 5.41) is 0. The predicted octanol–water partition coefficient (Wildman–Crippen LogP) is 7.11. The van der Waals surface area contributed by atoms with Gasteiger partial charge in [0.15, 0.2) is 0 Å². The van der Waals surface area contributed by atoms with Gasteiger partial charge in [0.2, 0.25) is 0 Å². The van der Waals surface area contributed by atoms with E-state index in [1.807, 2.05) is 6.08 Å². The van der Waals surface area contributed by atoms with Crippen molar-refractivity contribution in [2.45, 2.75) is 64.8 Å². The van der Waals surface area contributed by atoms with Crippen molar-refractivity contribution in [1.29, 1.82) is 0 Å². The smallest absolute Gasteiger partial charge is 0.0690 e. The molecule has 0 fully saturated rings. The Hall–Kier alpha value is -2.02. The molecule has 1 aromatic carbocycles. The summed E-state index contributed by atoms with van der Waals surface area (Å²) in [6, 6.07) is 11.0. The van der Waals surface area contributed by atoms with Crippen molar-refractivity contribution in [2.24, 2.45) is 0 Å². The highest BCUT2D eigenvalue weighted by Gasteiger charge is 2.38. The highest BCUT2D eigenvalue weighted by molar-refractivity contribution is 5.32. The first-order valence-corrected chi connectivity index (χ1v) is 9.71. The second kappa shape index (κ2) is 9.46. The summed E-state index contributed by atoms with van der Waals surface area (Å²) in [5.41, 5.74) is 4.26. The lowest BCUT2D eigenvalue weighted by molar-refractivity contribution is 0.144. The van der Waals surface area contributed by atoms with Gasteiger partial charge >= 0.3 is 0 Å². The van der Waals surface area contributed by atoms with Gasteiger partial charge in [-0.15, -0.1) is 6.58 Å². The fourth-order valence-corrected chi connectivity index (χ4v) is 4.00. The van der Waals surface area contributed by atoms with E-state index in [0.29, 0.717) is 0 Å². The zero-order valence-electron chi connectivity index (χ0n) is 16.2. The zero-order chi connectivity index (χ0) is 18.1. The van der Waals surface area contributed by atoms with Crippen LogP contribution in [-0.4, -0.2) is 4.90 Å². The minimum absolute atomic E-state index is 0.00128. The van der Waals surface area contributed by atoms with Crippen molar-refractivity contribution in [3.05, 3.63) is 84.2 Å². The quantitative estimate of drug-likeness (QED) is 0.435. The van der Waals surface area contributed by atoms with Crippen LogP contribution in [0.3, 0.4) is 0 Å². The third-order valence-corrected chi connectivity index (χ3v) is 5.41. The molecule has 0 radical (unpaired) electrons. The maximum atomic E-state index is 3.93. The van der Waals surface area contributed by atoms with Crippen LogP contribution in [0.4, 0.5) is 0 Å². The number of rotatable bonds is 9. The van der Waals surface area contributed by atoms with Crippen LogP contribution in [0.2, 0.25) is 0 Å². The summed E-state index contributed by atoms with van der Waals surface area (Å²) in [7, 11) is 0. The van der Waals surface area contributed by atoms with Crippen LogP contribution in [0.25, 0.3) is 0 Å². The van der Waals surface area contributed by atoms with Gasteiger partial charge in [-0.3, -0.25) is 0 Å². The fourth-order valence-electron chi connectivity index (χ4n) is 4.00. The van der Waals surface area contributed by atoms with Crippen LogP contribution in [-0.2, 0) is 5.54 Å². The minimum Gasteiger partial charge on any atom is -0.339 e. The summed E-state index contributed by atoms with van der Waals surface area (Å²) in [4.78, 5) is 2.65. The Balaban J connectivity index is 2.59. The van der Waals surface area contributed by atoms with E-state index in [1.54, 1.807) is 0 Å². The second-order valence-corrected chi connectivity index (χ2v) is 6.67. The van der Waals surface area contributed by atoms with E-state index in [9.17, 15) is 0 Å². The Labute approximate surface area is 154 Å². The molecule has 0 bridgehead atoms. The largest absolute Gasteiger partial charge is 0.339 e. The molecular weight excluding hydrogens is 302 g/mol. The van der Waals surface area contributed by atoms with Crippen molar-refractivity contribution in [3.63, 3.8) is 0 Å². The van der Waals surface area contributed by atoms with Gasteiger partial charge in [0, 0.05) is 11.4 Å². The number of allylic oxidation sites excluding steroid dienone is 7. The number of hydrogen-bond acceptors (Lipinski definition) is 1. The molecule has 1 aliphatic carbocycles. The maximum Gasteiger partial charge on any atom is 0.0690 e. The SMILES string of the molecule is C=CCCC(=CC)N(C1=CC=CCC1)C(CC)(CC)c1ccccc1. The van der Waals surface area contributed by atoms with Crippen LogP contribution in [0.5, 0.6) is 0 Å². The molecule has 0 spiro atoms. The van der Waals surface area contributed by atoms with Gasteiger partial charge < -0.3 is 4.90 Å². The van der Waals surface area contributed by atoms with E-state index in [0.717, 1.165) is 38.5 Å². The summed E-state index contributed by atoms with van der Waals surface area (Å²) in [5.74, 6) is 0. The number of nitrogens with zero attached hydrogens (tertiary/aromatic N) is 1. The van der Waals surface area contributed by atoms with Crippen molar-refractivity contribution in [1.82, 2.24) is 4.90 Å². The molecule has 134 valence electrons. The highest BCUT2D eigenvalue weighted by Crippen LogP contribution is 2.43. The topological polar surface area (TPSA) is 3.24 Å². The van der Waals surface area contributed by atoms with Crippen molar-refractivity contribution >= 4 is 0 Å². The number of benzene rings is 1. The summed E-state index contributed by atoms with van der Waals surface area (Å²) in [6.07, 6.45) is 17.6. The second-order valence-electron chi connectivity index (χ2n) is 6.67. The van der Waals surface area contributed by atoms with E-state index in [2.05, 4.69) is 86.9 Å². The Bertz CT molecular complexity index is 629. The molecule has 0 saturated carbocycles. The Kier molecular flexibility index (Phi) is 7.31. The van der Waals surface area contributed by atoms with Crippen molar-refractivity contribution in [2.75, 3.05) is 0 Å². The summed E-state index contributed by atoms with van der Waals surface area (Å²) < 4.78 is 0. The molecule has 25 heavy (non-hydrogen) atoms. The molecule has 1 heteroatoms. The van der Waals surface area contributed by atoms with Gasteiger partial charge in [-0.05, 0) is 57.1 Å². The van der Waals surface area contributed by atoms with Gasteiger partial charge in [0.1, 0.15) is 0 Å². The van der Waals surface area contributed by atoms with Gasteiger partial charge in [-0.1, -0.05) is 68.5 Å². The van der Waals surface area contributed by atoms with Crippen LogP contribution < -0.4 is 0 Å². The Morgan fingerprint density at radius 2 is 1.92 bits per heavy atom. The summed E-state index contributed by atoms with van der Waals surface area (Å²) >= 11 is 0. The Morgan fingerprint density at radius 3 is 2.44 bits per heavy atom. The first kappa shape index (κ1) is 19.3. The third-order valence-electron chi connectivity index (χ3n) is 5.41. The lowest BCUT2D eigenvalue weighted by Crippen LogP contribution is -2.44. The molecule has 0 N–H and O–H groups in total. The molecule has 0 unspecified atom stereocenters. The molecule has 1 aliphatic rings. The lowest BCUT2D eigenvalue weighted by atomic mass is 9.81. The van der Waals surface area contributed by atoms with Gasteiger partial charge in [0.25, 0.3) is 0 Å². The molecule has 0 atom stereocenters. The van der Waals surface area contributed by atoms with E-state index >= 15 is 0 Å². The maximum absolute atomic E-state index is 3.93. The van der Waals surface area contributed by atoms with E-state index in [4.69, 9.17) is 0 Å².